The van der Waals surface area contributed by atoms with Crippen LogP contribution in [0, 0.1) is 11.8 Å². The van der Waals surface area contributed by atoms with Gasteiger partial charge in [-0.15, -0.1) is 0 Å². The zero-order valence-corrected chi connectivity index (χ0v) is 16.6. The molecule has 2 fully saturated rings. The molecule has 2 unspecified atom stereocenters. The van der Waals surface area contributed by atoms with E-state index < -0.39 is 10.0 Å². The van der Waals surface area contributed by atoms with Gasteiger partial charge in [0.2, 0.25) is 15.9 Å². The number of carbonyl (C=O) groups excluding carboxylic acids is 1. The first-order chi connectivity index (χ1) is 13.0. The summed E-state index contributed by atoms with van der Waals surface area (Å²) in [4.78, 5) is 12.8. The third kappa shape index (κ3) is 4.44. The van der Waals surface area contributed by atoms with Crippen LogP contribution in [0.5, 0.6) is 5.75 Å². The summed E-state index contributed by atoms with van der Waals surface area (Å²) in [6.45, 7) is 1.32. The fraction of sp³-hybridized carbons (Fsp3) is 0.632. The molecule has 7 nitrogen and oxygen atoms in total. The Morgan fingerprint density at radius 3 is 2.44 bits per heavy atom. The molecule has 1 saturated heterocycles. The Balaban J connectivity index is 1.56. The smallest absolute Gasteiger partial charge is 0.243 e. The van der Waals surface area contributed by atoms with Crippen molar-refractivity contribution in [2.45, 2.75) is 43.0 Å². The maximum absolute atomic E-state index is 12.8. The SMILES string of the molecule is COc1ccc(S(=O)(=O)N2CCC(C(=O)NC3CCCC3CN)CC2)cc1. The summed E-state index contributed by atoms with van der Waals surface area (Å²) < 4.78 is 32.1. The number of sulfonamides is 1. The third-order valence-electron chi connectivity index (χ3n) is 5.81. The molecule has 1 aliphatic carbocycles. The number of hydrogen-bond acceptors (Lipinski definition) is 5. The lowest BCUT2D eigenvalue weighted by molar-refractivity contribution is -0.127. The van der Waals surface area contributed by atoms with Gasteiger partial charge in [0, 0.05) is 25.0 Å². The molecule has 0 aromatic heterocycles. The number of rotatable bonds is 6. The monoisotopic (exact) mass is 395 g/mol. The maximum atomic E-state index is 12.8. The molecular weight excluding hydrogens is 366 g/mol. The van der Waals surface area contributed by atoms with Gasteiger partial charge in [-0.05, 0) is 62.4 Å². The van der Waals surface area contributed by atoms with Crippen molar-refractivity contribution in [2.24, 2.45) is 17.6 Å². The average molecular weight is 396 g/mol. The van der Waals surface area contributed by atoms with Crippen LogP contribution in [0.15, 0.2) is 29.2 Å². The van der Waals surface area contributed by atoms with E-state index in [1.807, 2.05) is 0 Å². The molecule has 1 aliphatic heterocycles. The molecule has 1 aromatic rings. The Kier molecular flexibility index (Phi) is 6.39. The lowest BCUT2D eigenvalue weighted by Gasteiger charge is -2.31. The summed E-state index contributed by atoms with van der Waals surface area (Å²) >= 11 is 0. The van der Waals surface area contributed by atoms with Gasteiger partial charge in [0.15, 0.2) is 0 Å². The number of ether oxygens (including phenoxy) is 1. The predicted molar refractivity (Wildman–Crippen MR) is 103 cm³/mol. The molecule has 3 N–H and O–H groups in total. The number of nitrogens with one attached hydrogen (secondary N) is 1. The van der Waals surface area contributed by atoms with Crippen LogP contribution in [0.1, 0.15) is 32.1 Å². The van der Waals surface area contributed by atoms with E-state index in [0.717, 1.165) is 19.3 Å². The molecule has 8 heteroatoms. The van der Waals surface area contributed by atoms with E-state index in [9.17, 15) is 13.2 Å². The van der Waals surface area contributed by atoms with E-state index >= 15 is 0 Å². The molecule has 1 amide bonds. The molecule has 3 rings (SSSR count). The molecule has 1 heterocycles. The Bertz CT molecular complexity index is 743. The predicted octanol–water partition coefficient (Wildman–Crippen LogP) is 1.34. The minimum atomic E-state index is -3.54. The highest BCUT2D eigenvalue weighted by Crippen LogP contribution is 2.28. The van der Waals surface area contributed by atoms with Crippen molar-refractivity contribution in [3.63, 3.8) is 0 Å². The van der Waals surface area contributed by atoms with Gasteiger partial charge in [-0.2, -0.15) is 4.31 Å². The highest BCUT2D eigenvalue weighted by atomic mass is 32.2. The first kappa shape index (κ1) is 20.1. The largest absolute Gasteiger partial charge is 0.497 e. The summed E-state index contributed by atoms with van der Waals surface area (Å²) in [5.41, 5.74) is 5.79. The number of amides is 1. The zero-order valence-electron chi connectivity index (χ0n) is 15.8. The van der Waals surface area contributed by atoms with Crippen molar-refractivity contribution in [1.29, 1.82) is 0 Å². The molecule has 0 radical (unpaired) electrons. The van der Waals surface area contributed by atoms with E-state index in [2.05, 4.69) is 5.32 Å². The van der Waals surface area contributed by atoms with Crippen LogP contribution in [0.25, 0.3) is 0 Å². The summed E-state index contributed by atoms with van der Waals surface area (Å²) in [6, 6.07) is 6.56. The van der Waals surface area contributed by atoms with Gasteiger partial charge < -0.3 is 15.8 Å². The molecule has 27 heavy (non-hydrogen) atoms. The molecule has 150 valence electrons. The Hall–Kier alpha value is -1.64. The summed E-state index contributed by atoms with van der Waals surface area (Å²) in [5, 5.41) is 3.15. The second kappa shape index (κ2) is 8.58. The average Bonchev–Trinajstić information content (AvgIpc) is 3.15. The minimum absolute atomic E-state index is 0.0434. The van der Waals surface area contributed by atoms with Crippen LogP contribution in [-0.2, 0) is 14.8 Å². The molecule has 2 aliphatic rings. The number of hydrogen-bond donors (Lipinski definition) is 2. The Labute approximate surface area is 161 Å². The van der Waals surface area contributed by atoms with Crippen molar-refractivity contribution in [3.8, 4) is 5.75 Å². The number of nitrogens with two attached hydrogens (primary N) is 1. The van der Waals surface area contributed by atoms with Crippen LogP contribution in [0.3, 0.4) is 0 Å². The standard InChI is InChI=1S/C19H29N3O4S/c1-26-16-5-7-17(8-6-16)27(24,25)22-11-9-14(10-12-22)19(23)21-18-4-2-3-15(18)13-20/h5-8,14-15,18H,2-4,9-13,20H2,1H3,(H,21,23). The number of piperidine rings is 1. The molecule has 2 atom stereocenters. The molecule has 1 saturated carbocycles. The Morgan fingerprint density at radius 2 is 1.85 bits per heavy atom. The van der Waals surface area contributed by atoms with Gasteiger partial charge in [-0.25, -0.2) is 8.42 Å². The van der Waals surface area contributed by atoms with E-state index in [4.69, 9.17) is 10.5 Å². The second-order valence-corrected chi connectivity index (χ2v) is 9.33. The van der Waals surface area contributed by atoms with Gasteiger partial charge in [0.05, 0.1) is 12.0 Å². The van der Waals surface area contributed by atoms with Crippen molar-refractivity contribution in [2.75, 3.05) is 26.7 Å². The summed E-state index contributed by atoms with van der Waals surface area (Å²) in [6.07, 6.45) is 4.24. The fourth-order valence-corrected chi connectivity index (χ4v) is 5.53. The highest BCUT2D eigenvalue weighted by Gasteiger charge is 2.34. The maximum Gasteiger partial charge on any atom is 0.243 e. The van der Waals surface area contributed by atoms with Crippen LogP contribution < -0.4 is 15.8 Å². The van der Waals surface area contributed by atoms with E-state index in [1.165, 1.54) is 4.31 Å². The van der Waals surface area contributed by atoms with Crippen molar-refractivity contribution >= 4 is 15.9 Å². The quantitative estimate of drug-likeness (QED) is 0.757. The molecule has 0 bridgehead atoms. The first-order valence-corrected chi connectivity index (χ1v) is 11.0. The molecule has 1 aromatic carbocycles. The van der Waals surface area contributed by atoms with Gasteiger partial charge in [0.25, 0.3) is 0 Å². The van der Waals surface area contributed by atoms with Crippen molar-refractivity contribution in [3.05, 3.63) is 24.3 Å². The summed E-state index contributed by atoms with van der Waals surface area (Å²) in [5.74, 6) is 0.893. The fourth-order valence-electron chi connectivity index (χ4n) is 4.06. The van der Waals surface area contributed by atoms with Crippen LogP contribution in [0.2, 0.25) is 0 Å². The van der Waals surface area contributed by atoms with Crippen LogP contribution >= 0.6 is 0 Å². The number of methoxy groups -OCH3 is 1. The van der Waals surface area contributed by atoms with E-state index in [1.54, 1.807) is 31.4 Å². The number of carbonyl (C=O) groups is 1. The minimum Gasteiger partial charge on any atom is -0.497 e. The van der Waals surface area contributed by atoms with Crippen molar-refractivity contribution < 1.29 is 17.9 Å². The van der Waals surface area contributed by atoms with E-state index in [-0.39, 0.29) is 22.8 Å². The molecule has 0 spiro atoms. The Morgan fingerprint density at radius 1 is 1.19 bits per heavy atom. The topological polar surface area (TPSA) is 102 Å². The van der Waals surface area contributed by atoms with Crippen LogP contribution in [0.4, 0.5) is 0 Å². The lowest BCUT2D eigenvalue weighted by atomic mass is 9.95. The summed E-state index contributed by atoms with van der Waals surface area (Å²) in [7, 11) is -2.00. The zero-order chi connectivity index (χ0) is 19.4. The van der Waals surface area contributed by atoms with Gasteiger partial charge in [-0.1, -0.05) is 6.42 Å². The van der Waals surface area contributed by atoms with Crippen LogP contribution in [-0.4, -0.2) is 51.4 Å². The van der Waals surface area contributed by atoms with Crippen molar-refractivity contribution in [1.82, 2.24) is 9.62 Å². The second-order valence-electron chi connectivity index (χ2n) is 7.40. The van der Waals surface area contributed by atoms with Gasteiger partial charge in [0.1, 0.15) is 5.75 Å². The highest BCUT2D eigenvalue weighted by molar-refractivity contribution is 7.89. The third-order valence-corrected chi connectivity index (χ3v) is 7.72. The first-order valence-electron chi connectivity index (χ1n) is 9.60. The lowest BCUT2D eigenvalue weighted by Crippen LogP contribution is -2.46. The number of benzene rings is 1. The van der Waals surface area contributed by atoms with E-state index in [0.29, 0.717) is 44.1 Å². The van der Waals surface area contributed by atoms with Gasteiger partial charge in [-0.3, -0.25) is 4.79 Å². The van der Waals surface area contributed by atoms with Gasteiger partial charge >= 0.3 is 0 Å². The molecular formula is C19H29N3O4S. The number of nitrogens with zero attached hydrogens (tertiary/aromatic N) is 1. The normalized spacial score (nSPS) is 24.7.